The number of phenols is 1. The normalized spacial score (nSPS) is 30.3. The van der Waals surface area contributed by atoms with E-state index in [1.54, 1.807) is 37.3 Å². The SMILES string of the molecule is CC1c2cc(-c3ccccc3)c(N)c(O)c2C(O)=C2C(=O)C3(O)C(O)=C(C(N)=O)C(=O)C(N(C)C)C3C(O)C21. The van der Waals surface area contributed by atoms with E-state index in [0.717, 1.165) is 0 Å². The van der Waals surface area contributed by atoms with Crippen LogP contribution in [0.5, 0.6) is 5.75 Å². The standard InChI is InChI=1S/C28H29N3O8/c1-10-12-9-13(11-7-5-4-6-8-11)19(29)23(34)15(12)21(32)16-14(10)22(33)18-20(31(2)3)24(35)17(27(30)38)26(37)28(18,39)25(16)36/h4-10,14,18,20,22,32-34,37,39H,29H2,1-3H3,(H2,30,38). The summed E-state index contributed by atoms with van der Waals surface area (Å²) < 4.78 is 0. The Kier molecular flexibility index (Phi) is 5.87. The van der Waals surface area contributed by atoms with Crippen molar-refractivity contribution in [1.82, 2.24) is 4.90 Å². The number of phenolic OH excluding ortho intramolecular Hbond substituents is 1. The average molecular weight is 536 g/mol. The first-order chi connectivity index (χ1) is 18.3. The molecule has 3 aliphatic rings. The molecular formula is C28H29N3O8. The molecular weight excluding hydrogens is 506 g/mol. The minimum absolute atomic E-state index is 0.0622. The van der Waals surface area contributed by atoms with Crippen LogP contribution < -0.4 is 11.5 Å². The van der Waals surface area contributed by atoms with Gasteiger partial charge >= 0.3 is 0 Å². The van der Waals surface area contributed by atoms with Crippen molar-refractivity contribution in [3.05, 3.63) is 64.4 Å². The van der Waals surface area contributed by atoms with Gasteiger partial charge in [0.25, 0.3) is 5.91 Å². The lowest BCUT2D eigenvalue weighted by Gasteiger charge is -2.53. The van der Waals surface area contributed by atoms with Crippen LogP contribution >= 0.6 is 0 Å². The average Bonchev–Trinajstić information content (AvgIpc) is 2.88. The highest BCUT2D eigenvalue weighted by molar-refractivity contribution is 6.24. The van der Waals surface area contributed by atoms with E-state index in [1.165, 1.54) is 19.0 Å². The van der Waals surface area contributed by atoms with E-state index in [1.807, 2.05) is 6.07 Å². The van der Waals surface area contributed by atoms with Crippen LogP contribution in [0.25, 0.3) is 16.9 Å². The largest absolute Gasteiger partial charge is 0.508 e. The summed E-state index contributed by atoms with van der Waals surface area (Å²) in [5.74, 6) is -9.56. The molecule has 11 heteroatoms. The number of fused-ring (bicyclic) bond motifs is 3. The van der Waals surface area contributed by atoms with E-state index in [0.29, 0.717) is 16.7 Å². The smallest absolute Gasteiger partial charge is 0.255 e. The van der Waals surface area contributed by atoms with Crippen LogP contribution in [-0.4, -0.2) is 79.7 Å². The number of carbonyl (C=O) groups is 3. The van der Waals surface area contributed by atoms with Gasteiger partial charge in [0.1, 0.15) is 22.8 Å². The van der Waals surface area contributed by atoms with E-state index in [2.05, 4.69) is 0 Å². The molecule has 0 aromatic heterocycles. The van der Waals surface area contributed by atoms with Gasteiger partial charge in [-0.05, 0) is 37.2 Å². The third-order valence-corrected chi connectivity index (χ3v) is 8.37. The van der Waals surface area contributed by atoms with Gasteiger partial charge < -0.3 is 37.0 Å². The fraction of sp³-hybridized carbons (Fsp3) is 0.321. The number of aliphatic hydroxyl groups is 4. The maximum atomic E-state index is 14.0. The van der Waals surface area contributed by atoms with Crippen LogP contribution in [0.3, 0.4) is 0 Å². The second kappa shape index (κ2) is 8.67. The van der Waals surface area contributed by atoms with Gasteiger partial charge in [0.15, 0.2) is 11.4 Å². The number of nitrogens with zero attached hydrogens (tertiary/aromatic N) is 1. The summed E-state index contributed by atoms with van der Waals surface area (Å²) in [4.78, 5) is 40.7. The molecule has 2 aromatic rings. The first-order valence-corrected chi connectivity index (χ1v) is 12.3. The number of nitrogens with two attached hydrogens (primary N) is 2. The quantitative estimate of drug-likeness (QED) is 0.167. The fourth-order valence-electron chi connectivity index (χ4n) is 6.55. The minimum atomic E-state index is -2.96. The Morgan fingerprint density at radius 3 is 2.26 bits per heavy atom. The van der Waals surface area contributed by atoms with E-state index < -0.39 is 81.4 Å². The van der Waals surface area contributed by atoms with Crippen LogP contribution in [0.2, 0.25) is 0 Å². The predicted octanol–water partition coefficient (Wildman–Crippen LogP) is 0.745. The first-order valence-electron chi connectivity index (χ1n) is 12.3. The third-order valence-electron chi connectivity index (χ3n) is 8.37. The van der Waals surface area contributed by atoms with Crippen molar-refractivity contribution in [1.29, 1.82) is 0 Å². The third kappa shape index (κ3) is 3.30. The Morgan fingerprint density at radius 1 is 1.08 bits per heavy atom. The zero-order valence-electron chi connectivity index (χ0n) is 21.4. The maximum Gasteiger partial charge on any atom is 0.255 e. The molecule has 3 aliphatic carbocycles. The van der Waals surface area contributed by atoms with Crippen LogP contribution in [0, 0.1) is 11.8 Å². The summed E-state index contributed by atoms with van der Waals surface area (Å²) in [6, 6.07) is 9.20. The summed E-state index contributed by atoms with van der Waals surface area (Å²) in [7, 11) is 2.91. The number of amides is 1. The fourth-order valence-corrected chi connectivity index (χ4v) is 6.55. The number of aliphatic hydroxyl groups excluding tert-OH is 3. The van der Waals surface area contributed by atoms with Gasteiger partial charge in [-0.3, -0.25) is 19.3 Å². The number of primary amides is 1. The van der Waals surface area contributed by atoms with E-state index in [4.69, 9.17) is 11.5 Å². The topological polar surface area (TPSA) is 208 Å². The number of hydrogen-bond donors (Lipinski definition) is 7. The molecule has 0 bridgehead atoms. The van der Waals surface area contributed by atoms with Crippen molar-refractivity contribution in [3.63, 3.8) is 0 Å². The predicted molar refractivity (Wildman–Crippen MR) is 140 cm³/mol. The zero-order chi connectivity index (χ0) is 28.7. The lowest BCUT2D eigenvalue weighted by Crippen LogP contribution is -2.70. The van der Waals surface area contributed by atoms with Crippen molar-refractivity contribution in [2.75, 3.05) is 19.8 Å². The van der Waals surface area contributed by atoms with Gasteiger partial charge in [-0.25, -0.2) is 0 Å². The van der Waals surface area contributed by atoms with Gasteiger partial charge in [-0.1, -0.05) is 37.3 Å². The number of aromatic hydroxyl groups is 1. The van der Waals surface area contributed by atoms with Gasteiger partial charge in [-0.2, -0.15) is 0 Å². The van der Waals surface area contributed by atoms with Crippen molar-refractivity contribution in [2.24, 2.45) is 17.6 Å². The number of carbonyl (C=O) groups excluding carboxylic acids is 3. The molecule has 0 heterocycles. The number of Topliss-reactive ketones (excluding diaryl/α,β-unsaturated/α-hetero) is 2. The first kappa shape index (κ1) is 26.4. The van der Waals surface area contributed by atoms with Gasteiger partial charge in [0.2, 0.25) is 5.78 Å². The lowest BCUT2D eigenvalue weighted by atomic mass is 9.54. The molecule has 5 rings (SSSR count). The van der Waals surface area contributed by atoms with Gasteiger partial charge in [0, 0.05) is 17.1 Å². The highest BCUT2D eigenvalue weighted by atomic mass is 16.4. The molecule has 6 atom stereocenters. The molecule has 39 heavy (non-hydrogen) atoms. The highest BCUT2D eigenvalue weighted by Gasteiger charge is 2.68. The Hall–Kier alpha value is -4.19. The zero-order valence-corrected chi connectivity index (χ0v) is 21.4. The van der Waals surface area contributed by atoms with Crippen LogP contribution in [0.1, 0.15) is 24.0 Å². The Bertz CT molecular complexity index is 1510. The number of hydrogen-bond acceptors (Lipinski definition) is 10. The number of rotatable bonds is 3. The van der Waals surface area contributed by atoms with Crippen LogP contribution in [-0.2, 0) is 14.4 Å². The van der Waals surface area contributed by atoms with E-state index in [-0.39, 0.29) is 11.3 Å². The van der Waals surface area contributed by atoms with Crippen LogP contribution in [0.15, 0.2) is 53.3 Å². The second-order valence-corrected chi connectivity index (χ2v) is 10.6. The van der Waals surface area contributed by atoms with Gasteiger partial charge in [-0.15, -0.1) is 0 Å². The van der Waals surface area contributed by atoms with Crippen molar-refractivity contribution < 1.29 is 39.9 Å². The molecule has 0 spiro atoms. The number of nitrogen functional groups attached to an aromatic ring is 1. The molecule has 0 radical (unpaired) electrons. The summed E-state index contributed by atoms with van der Waals surface area (Å²) in [6.45, 7) is 1.67. The second-order valence-electron chi connectivity index (χ2n) is 10.6. The van der Waals surface area contributed by atoms with Crippen molar-refractivity contribution in [3.8, 4) is 16.9 Å². The van der Waals surface area contributed by atoms with Crippen LogP contribution in [0.4, 0.5) is 5.69 Å². The summed E-state index contributed by atoms with van der Waals surface area (Å²) >= 11 is 0. The Labute approximate surface area is 223 Å². The summed E-state index contributed by atoms with van der Waals surface area (Å²) in [6.07, 6.45) is -1.67. The molecule has 0 aliphatic heterocycles. The number of likely N-dealkylation sites (N-methyl/N-ethyl adjacent to an activating group) is 1. The highest BCUT2D eigenvalue weighted by Crippen LogP contribution is 2.57. The number of ketones is 2. The molecule has 11 nitrogen and oxygen atoms in total. The molecule has 204 valence electrons. The molecule has 1 amide bonds. The molecule has 1 fully saturated rings. The summed E-state index contributed by atoms with van der Waals surface area (Å²) in [5, 5.41) is 56.9. The molecule has 1 saturated carbocycles. The molecule has 6 unspecified atom stereocenters. The number of anilines is 1. The van der Waals surface area contributed by atoms with Crippen molar-refractivity contribution >= 4 is 28.9 Å². The van der Waals surface area contributed by atoms with Gasteiger partial charge in [0.05, 0.1) is 29.3 Å². The number of benzene rings is 2. The maximum absolute atomic E-state index is 14.0. The lowest BCUT2D eigenvalue weighted by molar-refractivity contribution is -0.169. The van der Waals surface area contributed by atoms with E-state index in [9.17, 15) is 39.9 Å². The minimum Gasteiger partial charge on any atom is -0.508 e. The summed E-state index contributed by atoms with van der Waals surface area (Å²) in [5.41, 5.74) is 8.49. The van der Waals surface area contributed by atoms with Crippen molar-refractivity contribution in [2.45, 2.75) is 30.6 Å². The monoisotopic (exact) mass is 535 g/mol. The van der Waals surface area contributed by atoms with E-state index >= 15 is 0 Å². The Morgan fingerprint density at radius 2 is 1.69 bits per heavy atom. The molecule has 9 N–H and O–H groups in total. The molecule has 0 saturated heterocycles. The molecule has 2 aromatic carbocycles. The Balaban J connectivity index is 1.81.